The molecule has 2 heterocycles. The summed E-state index contributed by atoms with van der Waals surface area (Å²) in [6.45, 7) is 1.77. The molecule has 0 radical (unpaired) electrons. The van der Waals surface area contributed by atoms with Crippen LogP contribution >= 0.6 is 0 Å². The topological polar surface area (TPSA) is 67.8 Å². The van der Waals surface area contributed by atoms with Crippen LogP contribution < -0.4 is 0 Å². The molecule has 0 aliphatic rings. The third kappa shape index (κ3) is 1.67. The van der Waals surface area contributed by atoms with Crippen LogP contribution in [0.5, 0.6) is 0 Å². The molecule has 0 amide bonds. The molecule has 2 rings (SSSR count). The van der Waals surface area contributed by atoms with Crippen molar-refractivity contribution in [1.29, 1.82) is 0 Å². The summed E-state index contributed by atoms with van der Waals surface area (Å²) < 4.78 is 1.59. The van der Waals surface area contributed by atoms with Crippen LogP contribution in [0.2, 0.25) is 0 Å². The third-order valence-electron chi connectivity index (χ3n) is 2.34. The first-order valence-corrected chi connectivity index (χ1v) is 4.81. The SMILES string of the molecule is Cc1nn(C)cc1C(=O)c1ccc(C=O)[nH]1. The summed E-state index contributed by atoms with van der Waals surface area (Å²) in [5, 5.41) is 4.10. The van der Waals surface area contributed by atoms with Crippen molar-refractivity contribution in [2.45, 2.75) is 6.92 Å². The van der Waals surface area contributed by atoms with Gasteiger partial charge in [0.1, 0.15) is 0 Å². The fourth-order valence-corrected chi connectivity index (χ4v) is 1.58. The summed E-state index contributed by atoms with van der Waals surface area (Å²) in [5.74, 6) is -0.154. The second kappa shape index (κ2) is 3.77. The second-order valence-electron chi connectivity index (χ2n) is 3.58. The first-order chi connectivity index (χ1) is 7.61. The summed E-state index contributed by atoms with van der Waals surface area (Å²) in [7, 11) is 1.76. The molecule has 5 heteroatoms. The van der Waals surface area contributed by atoms with Gasteiger partial charge in [-0.2, -0.15) is 5.10 Å². The fraction of sp³-hybridized carbons (Fsp3) is 0.182. The minimum Gasteiger partial charge on any atom is -0.350 e. The lowest BCUT2D eigenvalue weighted by Gasteiger charge is -1.94. The Hall–Kier alpha value is -2.17. The van der Waals surface area contributed by atoms with Crippen LogP contribution in [0.15, 0.2) is 18.3 Å². The van der Waals surface area contributed by atoms with Crippen molar-refractivity contribution in [3.05, 3.63) is 41.0 Å². The van der Waals surface area contributed by atoms with E-state index in [9.17, 15) is 9.59 Å². The van der Waals surface area contributed by atoms with E-state index < -0.39 is 0 Å². The molecule has 0 atom stereocenters. The Morgan fingerprint density at radius 1 is 1.50 bits per heavy atom. The molecule has 5 nitrogen and oxygen atoms in total. The van der Waals surface area contributed by atoms with Crippen LogP contribution in [0.3, 0.4) is 0 Å². The van der Waals surface area contributed by atoms with Gasteiger partial charge >= 0.3 is 0 Å². The number of rotatable bonds is 3. The molecule has 0 saturated heterocycles. The van der Waals surface area contributed by atoms with E-state index >= 15 is 0 Å². The number of nitrogens with one attached hydrogen (secondary N) is 1. The lowest BCUT2D eigenvalue weighted by Crippen LogP contribution is -2.02. The smallest absolute Gasteiger partial charge is 0.212 e. The molecule has 0 aliphatic carbocycles. The van der Waals surface area contributed by atoms with E-state index in [0.717, 1.165) is 0 Å². The molecule has 1 N–H and O–H groups in total. The molecule has 82 valence electrons. The highest BCUT2D eigenvalue weighted by atomic mass is 16.1. The van der Waals surface area contributed by atoms with Crippen molar-refractivity contribution in [3.63, 3.8) is 0 Å². The number of aldehydes is 1. The summed E-state index contributed by atoms with van der Waals surface area (Å²) in [6, 6.07) is 3.17. The zero-order chi connectivity index (χ0) is 11.7. The number of carbonyl (C=O) groups is 2. The highest BCUT2D eigenvalue weighted by Crippen LogP contribution is 2.12. The van der Waals surface area contributed by atoms with Crippen molar-refractivity contribution < 1.29 is 9.59 Å². The number of hydrogen-bond acceptors (Lipinski definition) is 3. The van der Waals surface area contributed by atoms with E-state index in [1.807, 2.05) is 0 Å². The average Bonchev–Trinajstić information content (AvgIpc) is 2.84. The Bertz CT molecular complexity index is 551. The van der Waals surface area contributed by atoms with Gasteiger partial charge < -0.3 is 4.98 Å². The number of H-pyrrole nitrogens is 1. The van der Waals surface area contributed by atoms with Gasteiger partial charge in [-0.05, 0) is 19.1 Å². The highest BCUT2D eigenvalue weighted by molar-refractivity contribution is 6.08. The van der Waals surface area contributed by atoms with Gasteiger partial charge in [0, 0.05) is 13.2 Å². The number of nitrogens with zero attached hydrogens (tertiary/aromatic N) is 2. The Labute approximate surface area is 92.1 Å². The molecule has 0 saturated carbocycles. The standard InChI is InChI=1S/C11H11N3O2/c1-7-9(5-14(2)13-7)11(16)10-4-3-8(6-15)12-10/h3-6,12H,1-2H3. The van der Waals surface area contributed by atoms with Crippen LogP contribution in [-0.2, 0) is 7.05 Å². The van der Waals surface area contributed by atoms with Crippen LogP contribution in [0.4, 0.5) is 0 Å². The number of hydrogen-bond donors (Lipinski definition) is 1. The van der Waals surface area contributed by atoms with Crippen LogP contribution in [0.1, 0.15) is 32.2 Å². The molecular formula is C11H11N3O2. The second-order valence-corrected chi connectivity index (χ2v) is 3.58. The van der Waals surface area contributed by atoms with Crippen LogP contribution in [0.25, 0.3) is 0 Å². The van der Waals surface area contributed by atoms with E-state index in [4.69, 9.17) is 0 Å². The molecule has 0 aromatic carbocycles. The molecule has 0 fully saturated rings. The van der Waals surface area contributed by atoms with Crippen molar-refractivity contribution in [3.8, 4) is 0 Å². The maximum atomic E-state index is 12.0. The molecular weight excluding hydrogens is 206 g/mol. The zero-order valence-corrected chi connectivity index (χ0v) is 9.02. The average molecular weight is 217 g/mol. The minimum atomic E-state index is -0.154. The first kappa shape index (κ1) is 10.4. The summed E-state index contributed by atoms with van der Waals surface area (Å²) in [4.78, 5) is 25.2. The Kier molecular flexibility index (Phi) is 2.44. The zero-order valence-electron chi connectivity index (χ0n) is 9.02. The molecule has 2 aromatic heterocycles. The molecule has 0 spiro atoms. The van der Waals surface area contributed by atoms with Gasteiger partial charge in [0.25, 0.3) is 0 Å². The van der Waals surface area contributed by atoms with E-state index in [0.29, 0.717) is 28.9 Å². The normalized spacial score (nSPS) is 10.4. The highest BCUT2D eigenvalue weighted by Gasteiger charge is 2.15. The number of carbonyl (C=O) groups excluding carboxylic acids is 2. The van der Waals surface area contributed by atoms with Gasteiger partial charge in [-0.25, -0.2) is 0 Å². The number of aryl methyl sites for hydroxylation is 2. The van der Waals surface area contributed by atoms with E-state index in [1.54, 1.807) is 37.0 Å². The van der Waals surface area contributed by atoms with E-state index in [1.165, 1.54) is 0 Å². The van der Waals surface area contributed by atoms with Crippen LogP contribution in [0, 0.1) is 6.92 Å². The Morgan fingerprint density at radius 2 is 2.25 bits per heavy atom. The fourth-order valence-electron chi connectivity index (χ4n) is 1.58. The largest absolute Gasteiger partial charge is 0.350 e. The lowest BCUT2D eigenvalue weighted by molar-refractivity contribution is 0.103. The number of ketones is 1. The van der Waals surface area contributed by atoms with Crippen molar-refractivity contribution in [2.75, 3.05) is 0 Å². The van der Waals surface area contributed by atoms with Gasteiger partial charge in [-0.15, -0.1) is 0 Å². The molecule has 2 aromatic rings. The monoisotopic (exact) mass is 217 g/mol. The van der Waals surface area contributed by atoms with Crippen molar-refractivity contribution in [1.82, 2.24) is 14.8 Å². The molecule has 0 bridgehead atoms. The summed E-state index contributed by atoms with van der Waals surface area (Å²) in [5.41, 5.74) is 2.01. The van der Waals surface area contributed by atoms with Gasteiger partial charge in [0.2, 0.25) is 5.78 Å². The molecule has 0 unspecified atom stereocenters. The van der Waals surface area contributed by atoms with Crippen LogP contribution in [-0.4, -0.2) is 26.8 Å². The lowest BCUT2D eigenvalue weighted by atomic mass is 10.1. The van der Waals surface area contributed by atoms with E-state index in [-0.39, 0.29) is 5.78 Å². The van der Waals surface area contributed by atoms with Gasteiger partial charge in [0.15, 0.2) is 6.29 Å². The first-order valence-electron chi connectivity index (χ1n) is 4.81. The van der Waals surface area contributed by atoms with Crippen molar-refractivity contribution >= 4 is 12.1 Å². The predicted molar refractivity (Wildman–Crippen MR) is 57.6 cm³/mol. The summed E-state index contributed by atoms with van der Waals surface area (Å²) >= 11 is 0. The van der Waals surface area contributed by atoms with E-state index in [2.05, 4.69) is 10.1 Å². The third-order valence-corrected chi connectivity index (χ3v) is 2.34. The number of aromatic amines is 1. The maximum Gasteiger partial charge on any atom is 0.212 e. The predicted octanol–water partition coefficient (Wildman–Crippen LogP) is 1.10. The minimum absolute atomic E-state index is 0.154. The van der Waals surface area contributed by atoms with Gasteiger partial charge in [-0.3, -0.25) is 14.3 Å². The van der Waals surface area contributed by atoms with Gasteiger partial charge in [-0.1, -0.05) is 0 Å². The quantitative estimate of drug-likeness (QED) is 0.618. The Balaban J connectivity index is 2.38. The van der Waals surface area contributed by atoms with Crippen molar-refractivity contribution in [2.24, 2.45) is 7.05 Å². The summed E-state index contributed by atoms with van der Waals surface area (Å²) in [6.07, 6.45) is 2.34. The maximum absolute atomic E-state index is 12.0. The Morgan fingerprint density at radius 3 is 2.75 bits per heavy atom. The number of aromatic nitrogens is 3. The molecule has 16 heavy (non-hydrogen) atoms. The van der Waals surface area contributed by atoms with Gasteiger partial charge in [0.05, 0.1) is 22.6 Å². The molecule has 0 aliphatic heterocycles.